The highest BCUT2D eigenvalue weighted by Crippen LogP contribution is 2.16. The molecule has 0 heterocycles. The Labute approximate surface area is 139 Å². The molecular weight excluding hydrogens is 336 g/mol. The number of sulfonamides is 1. The van der Waals surface area contributed by atoms with Gasteiger partial charge >= 0.3 is 0 Å². The number of nitrogens with zero attached hydrogens (tertiary/aromatic N) is 2. The van der Waals surface area contributed by atoms with Crippen LogP contribution >= 0.6 is 0 Å². The van der Waals surface area contributed by atoms with Gasteiger partial charge in [0.1, 0.15) is 0 Å². The molecule has 130 valence electrons. The van der Waals surface area contributed by atoms with Crippen LogP contribution in [0.25, 0.3) is 0 Å². The lowest BCUT2D eigenvalue weighted by atomic mass is 10.3. The van der Waals surface area contributed by atoms with Crippen molar-refractivity contribution in [3.63, 3.8) is 0 Å². The van der Waals surface area contributed by atoms with E-state index in [0.29, 0.717) is 0 Å². The maximum atomic E-state index is 12.2. The molecule has 24 heavy (non-hydrogen) atoms. The molecule has 0 aromatic heterocycles. The molecule has 1 saturated carbocycles. The first kappa shape index (κ1) is 18.0. The SMILES string of the molecule is CC(NS(=O)(=O)c1ccc([N+](=O)[O-])cc1)C(=O)NN=C1CCCC1. The first-order valence-corrected chi connectivity index (χ1v) is 8.90. The van der Waals surface area contributed by atoms with Gasteiger partial charge in [-0.25, -0.2) is 13.8 Å². The van der Waals surface area contributed by atoms with Crippen LogP contribution in [0.5, 0.6) is 0 Å². The fourth-order valence-corrected chi connectivity index (χ4v) is 3.43. The minimum atomic E-state index is -3.97. The highest BCUT2D eigenvalue weighted by atomic mass is 32.2. The number of nitro benzene ring substituents is 1. The number of hydrogen-bond acceptors (Lipinski definition) is 6. The summed E-state index contributed by atoms with van der Waals surface area (Å²) in [6.45, 7) is 1.40. The van der Waals surface area contributed by atoms with Crippen molar-refractivity contribution in [3.8, 4) is 0 Å². The summed E-state index contributed by atoms with van der Waals surface area (Å²) >= 11 is 0. The average molecular weight is 354 g/mol. The van der Waals surface area contributed by atoms with Gasteiger partial charge in [0.05, 0.1) is 15.9 Å². The number of carbonyl (C=O) groups is 1. The predicted molar refractivity (Wildman–Crippen MR) is 86.9 cm³/mol. The Kier molecular flexibility index (Phi) is 5.62. The minimum Gasteiger partial charge on any atom is -0.271 e. The van der Waals surface area contributed by atoms with Gasteiger partial charge in [0, 0.05) is 17.8 Å². The Hall–Kier alpha value is -2.33. The van der Waals surface area contributed by atoms with Crippen LogP contribution in [0.1, 0.15) is 32.6 Å². The molecule has 0 radical (unpaired) electrons. The molecule has 1 aromatic rings. The number of hydrazone groups is 1. The topological polar surface area (TPSA) is 131 Å². The number of non-ortho nitro benzene ring substituents is 1. The Bertz CT molecular complexity index is 750. The van der Waals surface area contributed by atoms with Gasteiger partial charge in [-0.3, -0.25) is 14.9 Å². The van der Waals surface area contributed by atoms with E-state index in [4.69, 9.17) is 0 Å². The maximum Gasteiger partial charge on any atom is 0.269 e. The lowest BCUT2D eigenvalue weighted by molar-refractivity contribution is -0.384. The van der Waals surface area contributed by atoms with Crippen LogP contribution in [0.3, 0.4) is 0 Å². The number of benzene rings is 1. The number of hydrogen-bond donors (Lipinski definition) is 2. The van der Waals surface area contributed by atoms with E-state index in [1.165, 1.54) is 6.92 Å². The van der Waals surface area contributed by atoms with Crippen LogP contribution < -0.4 is 10.1 Å². The number of carbonyl (C=O) groups excluding carboxylic acids is 1. The summed E-state index contributed by atoms with van der Waals surface area (Å²) < 4.78 is 26.6. The molecule has 1 aliphatic rings. The summed E-state index contributed by atoms with van der Waals surface area (Å²) in [5.74, 6) is -0.570. The normalized spacial score (nSPS) is 15.8. The zero-order valence-corrected chi connectivity index (χ0v) is 13.9. The summed E-state index contributed by atoms with van der Waals surface area (Å²) in [5, 5.41) is 14.6. The van der Waals surface area contributed by atoms with Gasteiger partial charge in [-0.2, -0.15) is 9.82 Å². The lowest BCUT2D eigenvalue weighted by Crippen LogP contribution is -2.43. The van der Waals surface area contributed by atoms with E-state index in [-0.39, 0.29) is 10.6 Å². The Morgan fingerprint density at radius 1 is 1.25 bits per heavy atom. The van der Waals surface area contributed by atoms with Crippen molar-refractivity contribution in [2.45, 2.75) is 43.5 Å². The van der Waals surface area contributed by atoms with Gasteiger partial charge in [-0.05, 0) is 44.7 Å². The van der Waals surface area contributed by atoms with E-state index in [0.717, 1.165) is 55.7 Å². The van der Waals surface area contributed by atoms with E-state index in [9.17, 15) is 23.3 Å². The summed E-state index contributed by atoms with van der Waals surface area (Å²) in [4.78, 5) is 21.7. The van der Waals surface area contributed by atoms with Crippen molar-refractivity contribution < 1.29 is 18.1 Å². The Balaban J connectivity index is 2.00. The number of nitro groups is 1. The van der Waals surface area contributed by atoms with Gasteiger partial charge in [0.2, 0.25) is 10.0 Å². The van der Waals surface area contributed by atoms with Crippen molar-refractivity contribution in [2.75, 3.05) is 0 Å². The Morgan fingerprint density at radius 2 is 1.83 bits per heavy atom. The van der Waals surface area contributed by atoms with Gasteiger partial charge < -0.3 is 0 Å². The zero-order valence-electron chi connectivity index (χ0n) is 13.1. The maximum absolute atomic E-state index is 12.2. The largest absolute Gasteiger partial charge is 0.271 e. The van der Waals surface area contributed by atoms with Gasteiger partial charge in [-0.1, -0.05) is 0 Å². The molecule has 0 bridgehead atoms. The molecule has 1 amide bonds. The van der Waals surface area contributed by atoms with Crippen LogP contribution in [0.4, 0.5) is 5.69 Å². The lowest BCUT2D eigenvalue weighted by Gasteiger charge is -2.13. The van der Waals surface area contributed by atoms with Crippen molar-refractivity contribution in [1.29, 1.82) is 0 Å². The first-order valence-electron chi connectivity index (χ1n) is 7.41. The predicted octanol–water partition coefficient (Wildman–Crippen LogP) is 1.31. The fraction of sp³-hybridized carbons (Fsp3) is 0.429. The van der Waals surface area contributed by atoms with Crippen molar-refractivity contribution in [1.82, 2.24) is 10.1 Å². The van der Waals surface area contributed by atoms with E-state index >= 15 is 0 Å². The molecule has 0 spiro atoms. The number of nitrogens with one attached hydrogen (secondary N) is 2. The summed E-state index contributed by atoms with van der Waals surface area (Å²) in [6.07, 6.45) is 3.75. The van der Waals surface area contributed by atoms with E-state index in [2.05, 4.69) is 15.2 Å². The smallest absolute Gasteiger partial charge is 0.269 e. The van der Waals surface area contributed by atoms with Gasteiger partial charge in [0.25, 0.3) is 11.6 Å². The monoisotopic (exact) mass is 354 g/mol. The summed E-state index contributed by atoms with van der Waals surface area (Å²) in [5.41, 5.74) is 3.04. The quantitative estimate of drug-likeness (QED) is 0.587. The average Bonchev–Trinajstić information content (AvgIpc) is 3.05. The number of rotatable bonds is 6. The third-order valence-electron chi connectivity index (χ3n) is 3.59. The molecule has 1 unspecified atom stereocenters. The highest BCUT2D eigenvalue weighted by Gasteiger charge is 2.22. The van der Waals surface area contributed by atoms with Crippen LogP contribution in [-0.4, -0.2) is 31.0 Å². The van der Waals surface area contributed by atoms with Crippen molar-refractivity contribution >= 4 is 27.3 Å². The fourth-order valence-electron chi connectivity index (χ4n) is 2.23. The molecule has 1 fully saturated rings. The van der Waals surface area contributed by atoms with E-state index < -0.39 is 26.9 Å². The van der Waals surface area contributed by atoms with Crippen LogP contribution in [0.2, 0.25) is 0 Å². The Morgan fingerprint density at radius 3 is 2.38 bits per heavy atom. The first-order chi connectivity index (χ1) is 11.3. The summed E-state index contributed by atoms with van der Waals surface area (Å²) in [7, 11) is -3.97. The van der Waals surface area contributed by atoms with Gasteiger partial charge in [0.15, 0.2) is 0 Å². The second-order valence-electron chi connectivity index (χ2n) is 5.46. The molecule has 1 atom stereocenters. The van der Waals surface area contributed by atoms with E-state index in [1.54, 1.807) is 0 Å². The second kappa shape index (κ2) is 7.49. The standard InChI is InChI=1S/C14H18N4O5S/c1-10(14(19)16-15-11-4-2-3-5-11)17-24(22,23)13-8-6-12(7-9-13)18(20)21/h6-10,17H,2-5H2,1H3,(H,16,19). The minimum absolute atomic E-state index is 0.158. The molecule has 0 saturated heterocycles. The highest BCUT2D eigenvalue weighted by molar-refractivity contribution is 7.89. The van der Waals surface area contributed by atoms with Crippen molar-refractivity contribution in [2.24, 2.45) is 5.10 Å². The third-order valence-corrected chi connectivity index (χ3v) is 5.14. The van der Waals surface area contributed by atoms with Crippen LogP contribution in [0, 0.1) is 10.1 Å². The molecule has 1 aromatic carbocycles. The van der Waals surface area contributed by atoms with Crippen LogP contribution in [0.15, 0.2) is 34.3 Å². The molecule has 2 rings (SSSR count). The second-order valence-corrected chi connectivity index (χ2v) is 7.17. The molecular formula is C14H18N4O5S. The van der Waals surface area contributed by atoms with E-state index in [1.807, 2.05) is 0 Å². The molecule has 0 aliphatic heterocycles. The molecule has 1 aliphatic carbocycles. The van der Waals surface area contributed by atoms with Crippen molar-refractivity contribution in [3.05, 3.63) is 34.4 Å². The molecule has 10 heteroatoms. The van der Waals surface area contributed by atoms with Gasteiger partial charge in [-0.15, -0.1) is 0 Å². The molecule has 9 nitrogen and oxygen atoms in total. The summed E-state index contributed by atoms with van der Waals surface area (Å²) in [6, 6.07) is 3.38. The molecule has 2 N–H and O–H groups in total. The zero-order chi connectivity index (χ0) is 17.7. The third kappa shape index (κ3) is 4.59. The van der Waals surface area contributed by atoms with Crippen LogP contribution in [-0.2, 0) is 14.8 Å². The number of amides is 1.